The number of benzene rings is 1. The zero-order chi connectivity index (χ0) is 30.2. The Morgan fingerprint density at radius 2 is 1.80 bits per heavy atom. The molecule has 0 aliphatic carbocycles. The first-order valence-corrected chi connectivity index (χ1v) is 14.6. The number of nitrogens with zero attached hydrogens (tertiary/aromatic N) is 6. The number of ether oxygens (including phenoxy) is 1. The predicted molar refractivity (Wildman–Crippen MR) is 167 cm³/mol. The number of fused-ring (bicyclic) bond motifs is 2. The number of aromatic amines is 2. The van der Waals surface area contributed by atoms with Crippen molar-refractivity contribution in [3.05, 3.63) is 72.6 Å². The van der Waals surface area contributed by atoms with E-state index in [0.29, 0.717) is 51.3 Å². The molecule has 6 heterocycles. The molecular formula is C32H33FN10O. The number of hydrogen-bond acceptors (Lipinski definition) is 9. The second-order valence-electron chi connectivity index (χ2n) is 11.5. The second-order valence-corrected chi connectivity index (χ2v) is 11.5. The van der Waals surface area contributed by atoms with Crippen LogP contribution in [0.1, 0.15) is 24.4 Å². The van der Waals surface area contributed by atoms with E-state index in [2.05, 4.69) is 30.5 Å². The van der Waals surface area contributed by atoms with Crippen LogP contribution in [0, 0.1) is 5.82 Å². The van der Waals surface area contributed by atoms with Crippen LogP contribution < -0.4 is 15.8 Å². The van der Waals surface area contributed by atoms with Gasteiger partial charge in [0.15, 0.2) is 11.5 Å². The van der Waals surface area contributed by atoms with Crippen LogP contribution in [-0.4, -0.2) is 79.9 Å². The van der Waals surface area contributed by atoms with Crippen molar-refractivity contribution in [1.29, 1.82) is 0 Å². The predicted octanol–water partition coefficient (Wildman–Crippen LogP) is 4.46. The van der Waals surface area contributed by atoms with Gasteiger partial charge in [-0.2, -0.15) is 5.10 Å². The van der Waals surface area contributed by atoms with Gasteiger partial charge in [0.25, 0.3) is 0 Å². The van der Waals surface area contributed by atoms with E-state index < -0.39 is 0 Å². The lowest BCUT2D eigenvalue weighted by molar-refractivity contribution is 0.162. The Morgan fingerprint density at radius 1 is 0.955 bits per heavy atom. The highest BCUT2D eigenvalue weighted by molar-refractivity contribution is 5.95. The molecule has 0 bridgehead atoms. The zero-order valence-corrected chi connectivity index (χ0v) is 24.5. The molecular weight excluding hydrogens is 559 g/mol. The smallest absolute Gasteiger partial charge is 0.161 e. The quantitative estimate of drug-likeness (QED) is 0.201. The Balaban J connectivity index is 1.24. The van der Waals surface area contributed by atoms with Gasteiger partial charge in [-0.1, -0.05) is 0 Å². The van der Waals surface area contributed by atoms with Gasteiger partial charge in [-0.05, 0) is 87.6 Å². The number of imidazole rings is 1. The largest absolute Gasteiger partial charge is 0.489 e. The second kappa shape index (κ2) is 11.7. The van der Waals surface area contributed by atoms with E-state index in [9.17, 15) is 4.39 Å². The molecule has 0 radical (unpaired) electrons. The molecule has 0 spiro atoms. The third-order valence-electron chi connectivity index (χ3n) is 7.85. The summed E-state index contributed by atoms with van der Waals surface area (Å²) in [4.78, 5) is 24.0. The van der Waals surface area contributed by atoms with Gasteiger partial charge >= 0.3 is 0 Å². The molecule has 7 rings (SSSR count). The lowest BCUT2D eigenvalue weighted by atomic mass is 9.99. The molecule has 1 aliphatic heterocycles. The summed E-state index contributed by atoms with van der Waals surface area (Å²) in [6, 6.07) is 10.4. The van der Waals surface area contributed by atoms with E-state index in [1.165, 1.54) is 12.1 Å². The fourth-order valence-corrected chi connectivity index (χ4v) is 5.69. The normalized spacial score (nSPS) is 14.9. The minimum absolute atomic E-state index is 0.172. The molecule has 12 heteroatoms. The SMILES string of the molecule is CN(C)CC(N)c1cc(F)cc(-c2cncc3[nH]c(-c4n[nH]c5ccc(-c6cncc(OC7CCNCC7)c6)nc45)nc23)c1. The Morgan fingerprint density at radius 3 is 2.64 bits per heavy atom. The average molecular weight is 593 g/mol. The van der Waals surface area contributed by atoms with Crippen molar-refractivity contribution < 1.29 is 9.13 Å². The van der Waals surface area contributed by atoms with Crippen LogP contribution in [0.3, 0.4) is 0 Å². The van der Waals surface area contributed by atoms with Crippen molar-refractivity contribution >= 4 is 22.1 Å². The first-order valence-electron chi connectivity index (χ1n) is 14.6. The summed E-state index contributed by atoms with van der Waals surface area (Å²) < 4.78 is 21.0. The van der Waals surface area contributed by atoms with Gasteiger partial charge in [0.05, 0.1) is 34.6 Å². The molecule has 5 aromatic heterocycles. The van der Waals surface area contributed by atoms with Gasteiger partial charge in [-0.15, -0.1) is 0 Å². The zero-order valence-electron chi connectivity index (χ0n) is 24.5. The van der Waals surface area contributed by atoms with Gasteiger partial charge in [0.1, 0.15) is 23.2 Å². The fraction of sp³-hybridized carbons (Fsp3) is 0.281. The number of halogens is 1. The molecule has 1 fully saturated rings. The van der Waals surface area contributed by atoms with E-state index in [1.807, 2.05) is 43.3 Å². The van der Waals surface area contributed by atoms with Gasteiger partial charge in [-0.25, -0.2) is 14.4 Å². The summed E-state index contributed by atoms with van der Waals surface area (Å²) in [5.74, 6) is 0.880. The fourth-order valence-electron chi connectivity index (χ4n) is 5.69. The minimum atomic E-state index is -0.366. The Hall–Kier alpha value is -4.78. The van der Waals surface area contributed by atoms with Gasteiger partial charge in [-0.3, -0.25) is 15.1 Å². The van der Waals surface area contributed by atoms with Crippen molar-refractivity contribution in [3.8, 4) is 39.7 Å². The van der Waals surface area contributed by atoms with Crippen molar-refractivity contribution in [2.24, 2.45) is 5.73 Å². The van der Waals surface area contributed by atoms with Crippen LogP contribution in [0.4, 0.5) is 4.39 Å². The third-order valence-corrected chi connectivity index (χ3v) is 7.85. The molecule has 11 nitrogen and oxygen atoms in total. The summed E-state index contributed by atoms with van der Waals surface area (Å²) in [6.07, 6.45) is 9.00. The van der Waals surface area contributed by atoms with Crippen LogP contribution in [0.5, 0.6) is 5.75 Å². The van der Waals surface area contributed by atoms with Gasteiger partial charge < -0.3 is 25.7 Å². The Bertz CT molecular complexity index is 1940. The maximum absolute atomic E-state index is 14.8. The highest BCUT2D eigenvalue weighted by atomic mass is 19.1. The Labute approximate surface area is 253 Å². The maximum atomic E-state index is 14.8. The number of likely N-dealkylation sites (N-methyl/N-ethyl adjacent to an activating group) is 1. The summed E-state index contributed by atoms with van der Waals surface area (Å²) in [6.45, 7) is 2.49. The summed E-state index contributed by atoms with van der Waals surface area (Å²) >= 11 is 0. The lowest BCUT2D eigenvalue weighted by Crippen LogP contribution is -2.34. The maximum Gasteiger partial charge on any atom is 0.161 e. The molecule has 44 heavy (non-hydrogen) atoms. The number of rotatable bonds is 8. The molecule has 1 atom stereocenters. The molecule has 1 saturated heterocycles. The first kappa shape index (κ1) is 28.0. The molecule has 1 unspecified atom stereocenters. The van der Waals surface area contributed by atoms with Crippen LogP contribution >= 0.6 is 0 Å². The van der Waals surface area contributed by atoms with Gasteiger partial charge in [0, 0.05) is 36.1 Å². The number of pyridine rings is 3. The van der Waals surface area contributed by atoms with E-state index in [0.717, 1.165) is 48.5 Å². The third kappa shape index (κ3) is 5.62. The topological polar surface area (TPSA) is 147 Å². The van der Waals surface area contributed by atoms with Crippen molar-refractivity contribution in [3.63, 3.8) is 0 Å². The first-order chi connectivity index (χ1) is 21.4. The molecule has 5 N–H and O–H groups in total. The average Bonchev–Trinajstić information content (AvgIpc) is 3.65. The van der Waals surface area contributed by atoms with Crippen molar-refractivity contribution in [2.75, 3.05) is 33.7 Å². The molecule has 0 amide bonds. The molecule has 6 aromatic rings. The van der Waals surface area contributed by atoms with Crippen LogP contribution in [0.25, 0.3) is 56.0 Å². The minimum Gasteiger partial charge on any atom is -0.489 e. The number of aromatic nitrogens is 7. The number of nitrogens with two attached hydrogens (primary N) is 1. The summed E-state index contributed by atoms with van der Waals surface area (Å²) in [7, 11) is 3.87. The number of hydrogen-bond donors (Lipinski definition) is 4. The van der Waals surface area contributed by atoms with E-state index in [1.54, 1.807) is 24.8 Å². The summed E-state index contributed by atoms with van der Waals surface area (Å²) in [5.41, 5.74) is 13.3. The van der Waals surface area contributed by atoms with E-state index in [4.69, 9.17) is 20.4 Å². The van der Waals surface area contributed by atoms with Crippen LogP contribution in [0.15, 0.2) is 61.2 Å². The number of H-pyrrole nitrogens is 2. The number of nitrogens with one attached hydrogen (secondary N) is 3. The molecule has 1 aliphatic rings. The molecule has 1 aromatic carbocycles. The van der Waals surface area contributed by atoms with E-state index >= 15 is 0 Å². The molecule has 0 saturated carbocycles. The highest BCUT2D eigenvalue weighted by Gasteiger charge is 2.19. The summed E-state index contributed by atoms with van der Waals surface area (Å²) in [5, 5.41) is 11.0. The van der Waals surface area contributed by atoms with Crippen LogP contribution in [0.2, 0.25) is 0 Å². The highest BCUT2D eigenvalue weighted by Crippen LogP contribution is 2.33. The van der Waals surface area contributed by atoms with E-state index in [-0.39, 0.29) is 18.0 Å². The number of piperidine rings is 1. The Kier molecular flexibility index (Phi) is 7.46. The van der Waals surface area contributed by atoms with Crippen molar-refractivity contribution in [1.82, 2.24) is 45.3 Å². The standard InChI is InChI=1S/C32H33FN10O/c1-43(2)17-25(34)19-9-18(10-21(33)11-19)24-15-37-16-28-29(24)40-32(39-28)31-30-27(41-42-31)4-3-26(38-30)20-12-23(14-36-13-20)44-22-5-7-35-8-6-22/h3-4,9-16,22,25,35H,5-8,17,34H2,1-2H3,(H,39,40)(H,41,42). The lowest BCUT2D eigenvalue weighted by Gasteiger charge is -2.23. The monoisotopic (exact) mass is 592 g/mol. The van der Waals surface area contributed by atoms with Crippen LogP contribution in [-0.2, 0) is 0 Å². The van der Waals surface area contributed by atoms with Crippen molar-refractivity contribution in [2.45, 2.75) is 25.0 Å². The molecule has 224 valence electrons. The van der Waals surface area contributed by atoms with Gasteiger partial charge in [0.2, 0.25) is 0 Å².